The highest BCUT2D eigenvalue weighted by molar-refractivity contribution is 5.84. The number of nitrogens with two attached hydrogens (primary N) is 1. The first-order valence-electron chi connectivity index (χ1n) is 3.99. The molecule has 0 saturated heterocycles. The maximum absolute atomic E-state index is 10.8. The molecule has 3 aliphatic carbocycles. The minimum Gasteiger partial charge on any atom is -0.369 e. The first-order valence-corrected chi connectivity index (χ1v) is 3.99. The predicted molar refractivity (Wildman–Crippen MR) is 35.9 cm³/mol. The van der Waals surface area contributed by atoms with Gasteiger partial charge in [0.25, 0.3) is 0 Å². The third-order valence-corrected chi connectivity index (χ3v) is 4.06. The fourth-order valence-electron chi connectivity index (χ4n) is 3.59. The molecule has 2 nitrogen and oxygen atoms in total. The highest BCUT2D eigenvalue weighted by Crippen LogP contribution is 2.92. The lowest BCUT2D eigenvalue weighted by Crippen LogP contribution is -2.15. The number of primary amides is 1. The van der Waals surface area contributed by atoms with Crippen molar-refractivity contribution in [2.75, 3.05) is 0 Å². The summed E-state index contributed by atoms with van der Waals surface area (Å²) in [6.07, 6.45) is 1.30. The Balaban J connectivity index is 1.92. The lowest BCUT2D eigenvalue weighted by atomic mass is 9.87. The van der Waals surface area contributed by atoms with Crippen molar-refractivity contribution in [3.63, 3.8) is 0 Å². The number of rotatable bonds is 1. The molecule has 2 N–H and O–H groups in total. The van der Waals surface area contributed by atoms with Gasteiger partial charge in [0.15, 0.2) is 0 Å². The third kappa shape index (κ3) is 0.263. The highest BCUT2D eigenvalue weighted by Gasteiger charge is 2.90. The Hall–Kier alpha value is -0.530. The van der Waals surface area contributed by atoms with Crippen LogP contribution < -0.4 is 5.73 Å². The second-order valence-corrected chi connectivity index (χ2v) is 4.19. The summed E-state index contributed by atoms with van der Waals surface area (Å²) in [5.74, 6) is 2.63. The molecule has 3 aliphatic rings. The molecule has 1 spiro atoms. The molecule has 1 amide bonds. The van der Waals surface area contributed by atoms with Gasteiger partial charge in [-0.25, -0.2) is 0 Å². The van der Waals surface area contributed by atoms with Crippen molar-refractivity contribution in [2.24, 2.45) is 34.8 Å². The van der Waals surface area contributed by atoms with Gasteiger partial charge in [-0.15, -0.1) is 0 Å². The Morgan fingerprint density at radius 1 is 1.70 bits per heavy atom. The Kier molecular flexibility index (Phi) is 0.529. The zero-order chi connectivity index (χ0) is 7.09. The van der Waals surface area contributed by atoms with Crippen LogP contribution in [0.1, 0.15) is 13.3 Å². The van der Waals surface area contributed by atoms with Crippen LogP contribution >= 0.6 is 0 Å². The fourth-order valence-corrected chi connectivity index (χ4v) is 3.59. The number of carbonyl (C=O) groups excluding carboxylic acids is 1. The fraction of sp³-hybridized carbons (Fsp3) is 0.875. The van der Waals surface area contributed by atoms with Crippen LogP contribution in [0, 0.1) is 29.1 Å². The van der Waals surface area contributed by atoms with E-state index in [9.17, 15) is 4.79 Å². The molecule has 3 fully saturated rings. The summed E-state index contributed by atoms with van der Waals surface area (Å²) in [7, 11) is 0. The monoisotopic (exact) mass is 137 g/mol. The lowest BCUT2D eigenvalue weighted by molar-refractivity contribution is -0.119. The van der Waals surface area contributed by atoms with E-state index in [1.165, 1.54) is 6.42 Å². The summed E-state index contributed by atoms with van der Waals surface area (Å²) in [6, 6.07) is 0. The normalized spacial score (nSPS) is 67.3. The second kappa shape index (κ2) is 1.03. The summed E-state index contributed by atoms with van der Waals surface area (Å²) < 4.78 is 0. The molecule has 0 aliphatic heterocycles. The SMILES string of the molecule is C[C@H]1C2CC23C(C(N)=O)C13. The van der Waals surface area contributed by atoms with Crippen molar-refractivity contribution in [2.45, 2.75) is 13.3 Å². The second-order valence-electron chi connectivity index (χ2n) is 4.19. The Labute approximate surface area is 59.8 Å². The molecular weight excluding hydrogens is 126 g/mol. The molecule has 0 aromatic carbocycles. The molecule has 2 heteroatoms. The quantitative estimate of drug-likeness (QED) is 0.557. The number of amides is 1. The molecule has 0 radical (unpaired) electrons. The molecule has 54 valence electrons. The summed E-state index contributed by atoms with van der Waals surface area (Å²) in [5.41, 5.74) is 5.75. The van der Waals surface area contributed by atoms with Crippen LogP contribution in [0.25, 0.3) is 0 Å². The van der Waals surface area contributed by atoms with E-state index in [0.717, 1.165) is 11.8 Å². The summed E-state index contributed by atoms with van der Waals surface area (Å²) in [6.45, 7) is 2.25. The number of hydrogen-bond donors (Lipinski definition) is 1. The first-order chi connectivity index (χ1) is 4.69. The zero-order valence-corrected chi connectivity index (χ0v) is 6.00. The minimum absolute atomic E-state index is 0.0446. The molecule has 0 bridgehead atoms. The Morgan fingerprint density at radius 2 is 2.40 bits per heavy atom. The van der Waals surface area contributed by atoms with Crippen LogP contribution in [-0.2, 0) is 4.79 Å². The minimum atomic E-state index is -0.0446. The van der Waals surface area contributed by atoms with Crippen LogP contribution in [0.2, 0.25) is 0 Å². The topological polar surface area (TPSA) is 43.1 Å². The number of carbonyl (C=O) groups is 1. The largest absolute Gasteiger partial charge is 0.369 e. The van der Waals surface area contributed by atoms with E-state index in [-0.39, 0.29) is 11.8 Å². The standard InChI is InChI=1S/C8H11NO/c1-3-4-2-8(4)5(3)6(8)7(9)10/h3-6H,2H2,1H3,(H2,9,10)/t3-,4?,5?,6?,8?/m0/s1. The summed E-state index contributed by atoms with van der Waals surface area (Å²) >= 11 is 0. The van der Waals surface area contributed by atoms with Gasteiger partial charge in [-0.2, -0.15) is 0 Å². The van der Waals surface area contributed by atoms with E-state index in [1.807, 2.05) is 0 Å². The van der Waals surface area contributed by atoms with Crippen LogP contribution in [-0.4, -0.2) is 5.91 Å². The maximum Gasteiger partial charge on any atom is 0.221 e. The van der Waals surface area contributed by atoms with Crippen LogP contribution in [0.5, 0.6) is 0 Å². The van der Waals surface area contributed by atoms with Crippen molar-refractivity contribution in [3.8, 4) is 0 Å². The van der Waals surface area contributed by atoms with Gasteiger partial charge in [-0.3, -0.25) is 4.79 Å². The van der Waals surface area contributed by atoms with Gasteiger partial charge in [0, 0.05) is 5.92 Å². The highest BCUT2D eigenvalue weighted by atomic mass is 16.1. The van der Waals surface area contributed by atoms with Gasteiger partial charge < -0.3 is 5.73 Å². The molecule has 0 heterocycles. The first kappa shape index (κ1) is 5.16. The molecule has 5 atom stereocenters. The van der Waals surface area contributed by atoms with Gasteiger partial charge in [0.2, 0.25) is 5.91 Å². The van der Waals surface area contributed by atoms with Crippen molar-refractivity contribution < 1.29 is 4.79 Å². The zero-order valence-electron chi connectivity index (χ0n) is 6.00. The van der Waals surface area contributed by atoms with E-state index < -0.39 is 0 Å². The van der Waals surface area contributed by atoms with Gasteiger partial charge in [0.05, 0.1) is 0 Å². The van der Waals surface area contributed by atoms with Crippen molar-refractivity contribution in [3.05, 3.63) is 0 Å². The van der Waals surface area contributed by atoms with Crippen molar-refractivity contribution in [1.29, 1.82) is 0 Å². The molecule has 10 heavy (non-hydrogen) atoms. The molecule has 0 aromatic rings. The van der Waals surface area contributed by atoms with E-state index in [2.05, 4.69) is 6.92 Å². The smallest absolute Gasteiger partial charge is 0.221 e. The van der Waals surface area contributed by atoms with Crippen LogP contribution in [0.3, 0.4) is 0 Å². The van der Waals surface area contributed by atoms with Gasteiger partial charge in [0.1, 0.15) is 0 Å². The average molecular weight is 137 g/mol. The van der Waals surface area contributed by atoms with Crippen LogP contribution in [0.4, 0.5) is 0 Å². The van der Waals surface area contributed by atoms with Crippen LogP contribution in [0.15, 0.2) is 0 Å². The number of hydrogen-bond acceptors (Lipinski definition) is 1. The van der Waals surface area contributed by atoms with E-state index in [1.54, 1.807) is 0 Å². The van der Waals surface area contributed by atoms with Crippen molar-refractivity contribution >= 4 is 5.91 Å². The van der Waals surface area contributed by atoms with Crippen molar-refractivity contribution in [1.82, 2.24) is 0 Å². The summed E-state index contributed by atoms with van der Waals surface area (Å²) in [4.78, 5) is 10.8. The predicted octanol–water partition coefficient (Wildman–Crippen LogP) is 0.374. The average Bonchev–Trinajstić information content (AvgIpc) is 2.70. The molecule has 0 aromatic heterocycles. The molecule has 3 saturated carbocycles. The van der Waals surface area contributed by atoms with Gasteiger partial charge in [-0.05, 0) is 29.6 Å². The van der Waals surface area contributed by atoms with Gasteiger partial charge >= 0.3 is 0 Å². The maximum atomic E-state index is 10.8. The summed E-state index contributed by atoms with van der Waals surface area (Å²) in [5, 5.41) is 0. The van der Waals surface area contributed by atoms with E-state index >= 15 is 0 Å². The molecule has 4 unspecified atom stereocenters. The Morgan fingerprint density at radius 3 is 2.60 bits per heavy atom. The van der Waals surface area contributed by atoms with E-state index in [0.29, 0.717) is 11.3 Å². The van der Waals surface area contributed by atoms with Gasteiger partial charge in [-0.1, -0.05) is 6.92 Å². The lowest BCUT2D eigenvalue weighted by Gasteiger charge is -2.17. The van der Waals surface area contributed by atoms with E-state index in [4.69, 9.17) is 5.73 Å². The molecule has 3 rings (SSSR count). The molecular formula is C8H11NO. The third-order valence-electron chi connectivity index (χ3n) is 4.06. The Bertz CT molecular complexity index is 237.